The topological polar surface area (TPSA) is 76.6 Å². The van der Waals surface area contributed by atoms with E-state index in [1.807, 2.05) is 48.6 Å². The van der Waals surface area contributed by atoms with Gasteiger partial charge < -0.3 is 4.74 Å². The summed E-state index contributed by atoms with van der Waals surface area (Å²) in [5.74, 6) is 1.43. The van der Waals surface area contributed by atoms with Gasteiger partial charge in [-0.05, 0) is 65.1 Å². The van der Waals surface area contributed by atoms with Crippen LogP contribution in [0.4, 0.5) is 0 Å². The van der Waals surface area contributed by atoms with Crippen LogP contribution in [0.5, 0.6) is 5.75 Å². The molecule has 0 saturated heterocycles. The predicted octanol–water partition coefficient (Wildman–Crippen LogP) is 5.28. The number of rotatable bonds is 8. The van der Waals surface area contributed by atoms with Crippen LogP contribution in [0.1, 0.15) is 28.2 Å². The van der Waals surface area contributed by atoms with E-state index in [1.54, 1.807) is 0 Å². The average molecular weight is 434 g/mol. The van der Waals surface area contributed by atoms with Crippen molar-refractivity contribution >= 4 is 23.1 Å². The molecule has 162 valence electrons. The first-order valence-corrected chi connectivity index (χ1v) is 10.9. The number of tetrazole rings is 1. The molecule has 0 amide bonds. The van der Waals surface area contributed by atoms with Crippen molar-refractivity contribution < 1.29 is 4.74 Å². The first kappa shape index (κ1) is 20.6. The van der Waals surface area contributed by atoms with Gasteiger partial charge in [0.2, 0.25) is 0 Å². The van der Waals surface area contributed by atoms with Gasteiger partial charge in [-0.2, -0.15) is 5.21 Å². The van der Waals surface area contributed by atoms with Gasteiger partial charge >= 0.3 is 0 Å². The van der Waals surface area contributed by atoms with Gasteiger partial charge in [0, 0.05) is 5.39 Å². The number of benzene rings is 3. The number of H-pyrrole nitrogens is 1. The summed E-state index contributed by atoms with van der Waals surface area (Å²) in [7, 11) is 0. The first-order chi connectivity index (χ1) is 16.3. The number of aryl methyl sites for hydroxylation is 2. The highest BCUT2D eigenvalue weighted by atomic mass is 16.5. The smallest absolute Gasteiger partial charge is 0.197 e. The molecule has 0 unspecified atom stereocenters. The van der Waals surface area contributed by atoms with E-state index in [-0.39, 0.29) is 0 Å². The second kappa shape index (κ2) is 9.87. The number of nitrogens with zero attached hydrogens (tertiary/aromatic N) is 4. The molecule has 0 spiro atoms. The lowest BCUT2D eigenvalue weighted by molar-refractivity contribution is 0.301. The molecular formula is C27H23N5O. The Labute approximate surface area is 192 Å². The van der Waals surface area contributed by atoms with Crippen molar-refractivity contribution in [3.05, 3.63) is 113 Å². The van der Waals surface area contributed by atoms with E-state index >= 15 is 0 Å². The average Bonchev–Trinajstić information content (AvgIpc) is 3.40. The minimum Gasteiger partial charge on any atom is -0.487 e. The second-order valence-corrected chi connectivity index (χ2v) is 7.78. The molecule has 3 aromatic carbocycles. The molecular weight excluding hydrogens is 410 g/mol. The Kier molecular flexibility index (Phi) is 6.15. The van der Waals surface area contributed by atoms with Crippen molar-refractivity contribution in [3.63, 3.8) is 0 Å². The van der Waals surface area contributed by atoms with Gasteiger partial charge in [0.15, 0.2) is 5.82 Å². The number of nitrogens with one attached hydrogen (secondary N) is 1. The number of hydrogen-bond acceptors (Lipinski definition) is 5. The summed E-state index contributed by atoms with van der Waals surface area (Å²) in [5.41, 5.74) is 5.55. The lowest BCUT2D eigenvalue weighted by Gasteiger charge is -2.09. The Balaban J connectivity index is 1.16. The molecule has 0 fully saturated rings. The van der Waals surface area contributed by atoms with Crippen molar-refractivity contribution in [2.75, 3.05) is 0 Å². The molecule has 33 heavy (non-hydrogen) atoms. The minimum atomic E-state index is 0.452. The number of aromatic amines is 1. The summed E-state index contributed by atoms with van der Waals surface area (Å²) >= 11 is 0. The molecule has 6 nitrogen and oxygen atoms in total. The van der Waals surface area contributed by atoms with E-state index in [0.29, 0.717) is 12.4 Å². The van der Waals surface area contributed by atoms with Gasteiger partial charge in [0.25, 0.3) is 0 Å². The highest BCUT2D eigenvalue weighted by Crippen LogP contribution is 2.18. The third-order valence-electron chi connectivity index (χ3n) is 5.41. The third kappa shape index (κ3) is 5.49. The van der Waals surface area contributed by atoms with Gasteiger partial charge in [0.1, 0.15) is 12.4 Å². The summed E-state index contributed by atoms with van der Waals surface area (Å²) in [6.07, 6.45) is 5.71. The molecule has 5 rings (SSSR count). The van der Waals surface area contributed by atoms with Crippen molar-refractivity contribution in [2.45, 2.75) is 19.4 Å². The number of ether oxygens (including phenoxy) is 1. The molecule has 2 aromatic heterocycles. The largest absolute Gasteiger partial charge is 0.487 e. The zero-order chi connectivity index (χ0) is 22.3. The molecule has 2 heterocycles. The van der Waals surface area contributed by atoms with Gasteiger partial charge in [-0.15, -0.1) is 10.2 Å². The third-order valence-corrected chi connectivity index (χ3v) is 5.41. The lowest BCUT2D eigenvalue weighted by Crippen LogP contribution is -1.99. The fourth-order valence-electron chi connectivity index (χ4n) is 3.63. The molecule has 0 saturated carbocycles. The maximum Gasteiger partial charge on any atom is 0.197 e. The molecule has 0 radical (unpaired) electrons. The van der Waals surface area contributed by atoms with Crippen LogP contribution in [0.15, 0.2) is 84.9 Å². The normalized spacial score (nSPS) is 11.3. The Bertz CT molecular complexity index is 1360. The fraction of sp³-hybridized carbons (Fsp3) is 0.111. The van der Waals surface area contributed by atoms with Gasteiger partial charge in [0.05, 0.1) is 11.2 Å². The van der Waals surface area contributed by atoms with Crippen molar-refractivity contribution in [1.82, 2.24) is 25.6 Å². The highest BCUT2D eigenvalue weighted by Gasteiger charge is 2.02. The maximum atomic E-state index is 6.02. The van der Waals surface area contributed by atoms with Gasteiger partial charge in [-0.25, -0.2) is 4.98 Å². The van der Waals surface area contributed by atoms with Crippen LogP contribution in [0.25, 0.3) is 23.1 Å². The monoisotopic (exact) mass is 433 g/mol. The number of pyridine rings is 1. The van der Waals surface area contributed by atoms with E-state index < -0.39 is 0 Å². The molecule has 1 N–H and O–H groups in total. The Morgan fingerprint density at radius 3 is 2.55 bits per heavy atom. The molecule has 0 aliphatic heterocycles. The highest BCUT2D eigenvalue weighted by molar-refractivity contribution is 5.78. The summed E-state index contributed by atoms with van der Waals surface area (Å²) in [6.45, 7) is 0.452. The van der Waals surface area contributed by atoms with E-state index in [0.717, 1.165) is 40.8 Å². The van der Waals surface area contributed by atoms with Crippen molar-refractivity contribution in [2.24, 2.45) is 0 Å². The van der Waals surface area contributed by atoms with E-state index in [9.17, 15) is 0 Å². The molecule has 5 aromatic rings. The quantitative estimate of drug-likeness (QED) is 0.360. The summed E-state index contributed by atoms with van der Waals surface area (Å²) in [4.78, 5) is 4.68. The summed E-state index contributed by atoms with van der Waals surface area (Å²) in [6, 6.07) is 29.0. The zero-order valence-electron chi connectivity index (χ0n) is 18.1. The van der Waals surface area contributed by atoms with Crippen LogP contribution in [0, 0.1) is 0 Å². The number of fused-ring (bicyclic) bond motifs is 1. The standard InChI is InChI=1S/C27H23N5O/c1-2-7-26-23(5-1)15-16-24(28-26)19-33-25-6-3-4-22(18-25)13-12-20-8-10-21(11-9-20)14-17-27-29-31-32-30-27/h1-11,14-18H,12-13,19H2,(H,29,30,31,32)/b17-14+. The van der Waals surface area contributed by atoms with Gasteiger partial charge in [-0.3, -0.25) is 0 Å². The fourth-order valence-corrected chi connectivity index (χ4v) is 3.63. The number of hydrogen-bond donors (Lipinski definition) is 1. The van der Waals surface area contributed by atoms with Crippen LogP contribution >= 0.6 is 0 Å². The van der Waals surface area contributed by atoms with Gasteiger partial charge in [-0.1, -0.05) is 66.7 Å². The predicted molar refractivity (Wildman–Crippen MR) is 129 cm³/mol. The Morgan fingerprint density at radius 1 is 0.788 bits per heavy atom. The first-order valence-electron chi connectivity index (χ1n) is 10.9. The second-order valence-electron chi connectivity index (χ2n) is 7.78. The van der Waals surface area contributed by atoms with Crippen molar-refractivity contribution in [3.8, 4) is 5.75 Å². The Hall–Kier alpha value is -4.32. The van der Waals surface area contributed by atoms with Crippen LogP contribution in [0.2, 0.25) is 0 Å². The van der Waals surface area contributed by atoms with E-state index in [4.69, 9.17) is 4.74 Å². The van der Waals surface area contributed by atoms with Crippen molar-refractivity contribution in [1.29, 1.82) is 0 Å². The SMILES string of the molecule is C(=C\c1nn[nH]n1)/c1ccc(CCc2cccc(OCc3ccc4ccccc4n3)c2)cc1. The van der Waals surface area contributed by atoms with E-state index in [1.165, 1.54) is 11.1 Å². The molecule has 0 bridgehead atoms. The zero-order valence-corrected chi connectivity index (χ0v) is 18.1. The number of para-hydroxylation sites is 1. The van der Waals surface area contributed by atoms with Crippen LogP contribution in [0.3, 0.4) is 0 Å². The van der Waals surface area contributed by atoms with E-state index in [2.05, 4.69) is 74.1 Å². The lowest BCUT2D eigenvalue weighted by atomic mass is 10.0. The number of aromatic nitrogens is 5. The van der Waals surface area contributed by atoms with Crippen LogP contribution in [-0.4, -0.2) is 25.6 Å². The molecule has 6 heteroatoms. The minimum absolute atomic E-state index is 0.452. The maximum absolute atomic E-state index is 6.02. The molecule has 0 aliphatic carbocycles. The van der Waals surface area contributed by atoms with Crippen LogP contribution in [-0.2, 0) is 19.4 Å². The molecule has 0 aliphatic rings. The van der Waals surface area contributed by atoms with Crippen LogP contribution < -0.4 is 4.74 Å². The summed E-state index contributed by atoms with van der Waals surface area (Å²) in [5, 5.41) is 15.0. The Morgan fingerprint density at radius 2 is 1.67 bits per heavy atom. The molecule has 0 atom stereocenters. The summed E-state index contributed by atoms with van der Waals surface area (Å²) < 4.78 is 6.02.